The Labute approximate surface area is 185 Å². The quantitative estimate of drug-likeness (QED) is 0.442. The highest BCUT2D eigenvalue weighted by Crippen LogP contribution is 2.28. The molecule has 0 spiro atoms. The van der Waals surface area contributed by atoms with Crippen molar-refractivity contribution in [3.63, 3.8) is 0 Å². The van der Waals surface area contributed by atoms with Crippen LogP contribution in [0.3, 0.4) is 0 Å². The number of hydrogen-bond donors (Lipinski definition) is 1. The molecule has 1 atom stereocenters. The zero-order valence-electron chi connectivity index (χ0n) is 18.0. The highest BCUT2D eigenvalue weighted by molar-refractivity contribution is 7.19. The summed E-state index contributed by atoms with van der Waals surface area (Å²) in [6.07, 6.45) is 1.09. The minimum absolute atomic E-state index is 0.0418. The molecule has 0 aliphatic heterocycles. The minimum Gasteiger partial charge on any atom is -0.484 e. The summed E-state index contributed by atoms with van der Waals surface area (Å²) in [6.45, 7) is 8.15. The maximum absolute atomic E-state index is 12.4. The number of nitrogens with one attached hydrogen (secondary N) is 1. The molecule has 0 fully saturated rings. The van der Waals surface area contributed by atoms with E-state index in [1.165, 1.54) is 16.9 Å². The van der Waals surface area contributed by atoms with Gasteiger partial charge in [-0.3, -0.25) is 4.79 Å². The third-order valence-corrected chi connectivity index (χ3v) is 6.27. The van der Waals surface area contributed by atoms with E-state index in [0.717, 1.165) is 39.0 Å². The van der Waals surface area contributed by atoms with Crippen LogP contribution >= 0.6 is 11.3 Å². The van der Waals surface area contributed by atoms with Gasteiger partial charge >= 0.3 is 0 Å². The van der Waals surface area contributed by atoms with Crippen molar-refractivity contribution in [2.24, 2.45) is 0 Å². The summed E-state index contributed by atoms with van der Waals surface area (Å²) in [5, 5.41) is 16.5. The average molecular weight is 436 g/mol. The molecule has 2 aromatic carbocycles. The number of aromatic nitrogens is 4. The summed E-state index contributed by atoms with van der Waals surface area (Å²) >= 11 is 1.48. The van der Waals surface area contributed by atoms with Crippen molar-refractivity contribution >= 4 is 27.9 Å². The molecule has 7 nitrogen and oxygen atoms in total. The van der Waals surface area contributed by atoms with E-state index in [1.807, 2.05) is 44.2 Å². The van der Waals surface area contributed by atoms with Gasteiger partial charge in [0, 0.05) is 11.3 Å². The second kappa shape index (κ2) is 8.85. The third kappa shape index (κ3) is 4.59. The molecule has 31 heavy (non-hydrogen) atoms. The van der Waals surface area contributed by atoms with Crippen molar-refractivity contribution in [3.05, 3.63) is 59.4 Å². The van der Waals surface area contributed by atoms with Crippen LogP contribution < -0.4 is 10.1 Å². The lowest BCUT2D eigenvalue weighted by Crippen LogP contribution is -2.20. The summed E-state index contributed by atoms with van der Waals surface area (Å²) in [4.78, 5) is 13.1. The number of carbonyl (C=O) groups excluding carboxylic acids is 1. The van der Waals surface area contributed by atoms with Crippen LogP contribution in [0.25, 0.3) is 15.5 Å². The smallest absolute Gasteiger partial charge is 0.262 e. The molecule has 1 unspecified atom stereocenters. The maximum atomic E-state index is 12.4. The van der Waals surface area contributed by atoms with Crippen LogP contribution in [0.4, 0.5) is 5.69 Å². The monoisotopic (exact) mass is 435 g/mol. The van der Waals surface area contributed by atoms with Crippen LogP contribution in [-0.2, 0) is 4.79 Å². The summed E-state index contributed by atoms with van der Waals surface area (Å²) in [7, 11) is 0. The molecule has 2 aromatic heterocycles. The Morgan fingerprint density at radius 3 is 2.61 bits per heavy atom. The van der Waals surface area contributed by atoms with Crippen LogP contribution in [0.1, 0.15) is 43.1 Å². The molecule has 8 heteroatoms. The first-order valence-corrected chi connectivity index (χ1v) is 11.1. The number of rotatable bonds is 7. The second-order valence-corrected chi connectivity index (χ2v) is 8.55. The molecular weight excluding hydrogens is 410 g/mol. The zero-order chi connectivity index (χ0) is 22.0. The summed E-state index contributed by atoms with van der Waals surface area (Å²) < 4.78 is 7.38. The Morgan fingerprint density at radius 2 is 1.94 bits per heavy atom. The van der Waals surface area contributed by atoms with E-state index < -0.39 is 0 Å². The van der Waals surface area contributed by atoms with Crippen molar-refractivity contribution in [3.8, 4) is 16.3 Å². The molecule has 4 rings (SSSR count). The molecule has 0 aliphatic carbocycles. The van der Waals surface area contributed by atoms with Crippen LogP contribution in [-0.4, -0.2) is 32.3 Å². The molecule has 0 bridgehead atoms. The van der Waals surface area contributed by atoms with Crippen LogP contribution in [0, 0.1) is 13.8 Å². The molecule has 160 valence electrons. The predicted octanol–water partition coefficient (Wildman–Crippen LogP) is 5.00. The number of aryl methyl sites for hydroxylation is 2. The fourth-order valence-corrected chi connectivity index (χ4v) is 4.11. The second-order valence-electron chi connectivity index (χ2n) is 7.59. The minimum atomic E-state index is -0.198. The van der Waals surface area contributed by atoms with Crippen molar-refractivity contribution < 1.29 is 9.53 Å². The van der Waals surface area contributed by atoms with E-state index in [2.05, 4.69) is 46.6 Å². The normalized spacial score (nSPS) is 12.1. The third-order valence-electron chi connectivity index (χ3n) is 5.33. The number of hydrogen-bond acceptors (Lipinski definition) is 6. The van der Waals surface area contributed by atoms with Gasteiger partial charge in [0.25, 0.3) is 5.91 Å². The first-order chi connectivity index (χ1) is 14.9. The summed E-state index contributed by atoms with van der Waals surface area (Å²) in [6, 6.07) is 13.8. The lowest BCUT2D eigenvalue weighted by atomic mass is 9.99. The molecule has 1 N–H and O–H groups in total. The Hall–Kier alpha value is -3.26. The first kappa shape index (κ1) is 21.0. The number of fused-ring (bicyclic) bond motifs is 1. The van der Waals surface area contributed by atoms with Crippen molar-refractivity contribution in [2.45, 2.75) is 40.0 Å². The van der Waals surface area contributed by atoms with E-state index in [-0.39, 0.29) is 12.5 Å². The topological polar surface area (TPSA) is 81.4 Å². The van der Waals surface area contributed by atoms with Gasteiger partial charge in [-0.1, -0.05) is 37.3 Å². The standard InChI is InChI=1S/C23H25N5O2S/c1-5-14(2)17-6-9-19(10-7-17)30-13-21(29)24-20-11-8-18(12-15(20)3)22-27-28-16(4)25-26-23(28)31-22/h6-12,14H,5,13H2,1-4H3,(H,24,29). The van der Waals surface area contributed by atoms with Crippen molar-refractivity contribution in [2.75, 3.05) is 11.9 Å². The summed E-state index contributed by atoms with van der Waals surface area (Å²) in [5.41, 5.74) is 3.95. The Morgan fingerprint density at radius 1 is 1.16 bits per heavy atom. The SMILES string of the molecule is CCC(C)c1ccc(OCC(=O)Nc2ccc(-c3nn4c(C)nnc4s3)cc2C)cc1. The molecule has 0 saturated heterocycles. The molecule has 2 heterocycles. The lowest BCUT2D eigenvalue weighted by Gasteiger charge is -2.12. The van der Waals surface area contributed by atoms with Gasteiger partial charge in [0.2, 0.25) is 4.96 Å². The van der Waals surface area contributed by atoms with Gasteiger partial charge in [0.05, 0.1) is 0 Å². The Balaban J connectivity index is 1.38. The lowest BCUT2D eigenvalue weighted by molar-refractivity contribution is -0.118. The number of amides is 1. The molecule has 1 amide bonds. The molecular formula is C23H25N5O2S. The van der Waals surface area contributed by atoms with Crippen molar-refractivity contribution in [1.29, 1.82) is 0 Å². The molecule has 0 radical (unpaired) electrons. The fourth-order valence-electron chi connectivity index (χ4n) is 3.23. The van der Waals surface area contributed by atoms with Gasteiger partial charge in [-0.2, -0.15) is 9.61 Å². The van der Waals surface area contributed by atoms with Crippen LogP contribution in [0.5, 0.6) is 5.75 Å². The molecule has 0 aliphatic rings. The molecule has 0 saturated carbocycles. The average Bonchev–Trinajstić information content (AvgIpc) is 3.35. The van der Waals surface area contributed by atoms with Gasteiger partial charge in [0.1, 0.15) is 10.8 Å². The van der Waals surface area contributed by atoms with Gasteiger partial charge in [-0.25, -0.2) is 0 Å². The van der Waals surface area contributed by atoms with Gasteiger partial charge in [0.15, 0.2) is 12.4 Å². The number of carbonyl (C=O) groups is 1. The van der Waals surface area contributed by atoms with Gasteiger partial charge < -0.3 is 10.1 Å². The summed E-state index contributed by atoms with van der Waals surface area (Å²) in [5.74, 6) is 1.76. The highest BCUT2D eigenvalue weighted by Gasteiger charge is 2.13. The Kier molecular flexibility index (Phi) is 5.99. The zero-order valence-corrected chi connectivity index (χ0v) is 18.9. The molecule has 4 aromatic rings. The van der Waals surface area contributed by atoms with Crippen LogP contribution in [0.2, 0.25) is 0 Å². The number of ether oxygens (including phenoxy) is 1. The van der Waals surface area contributed by atoms with Gasteiger partial charge in [-0.15, -0.1) is 10.2 Å². The maximum Gasteiger partial charge on any atom is 0.262 e. The van der Waals surface area contributed by atoms with Crippen molar-refractivity contribution in [1.82, 2.24) is 19.8 Å². The van der Waals surface area contributed by atoms with E-state index in [4.69, 9.17) is 4.74 Å². The van der Waals surface area contributed by atoms with Crippen LogP contribution in [0.15, 0.2) is 42.5 Å². The van der Waals surface area contributed by atoms with E-state index in [9.17, 15) is 4.79 Å². The fraction of sp³-hybridized carbons (Fsp3) is 0.304. The number of benzene rings is 2. The highest BCUT2D eigenvalue weighted by atomic mass is 32.1. The first-order valence-electron chi connectivity index (χ1n) is 10.3. The number of nitrogens with zero attached hydrogens (tertiary/aromatic N) is 4. The van der Waals surface area contributed by atoms with E-state index in [0.29, 0.717) is 11.7 Å². The Bertz CT molecular complexity index is 1210. The van der Waals surface area contributed by atoms with Gasteiger partial charge in [-0.05, 0) is 67.6 Å². The predicted molar refractivity (Wildman–Crippen MR) is 123 cm³/mol. The van der Waals surface area contributed by atoms with E-state index in [1.54, 1.807) is 4.52 Å². The van der Waals surface area contributed by atoms with E-state index >= 15 is 0 Å². The number of anilines is 1. The largest absolute Gasteiger partial charge is 0.484 e.